The molecule has 1 saturated heterocycles. The number of unbranched alkanes of at least 4 members (excludes halogenated alkanes) is 1. The standard InChI is InChI=1S/C28H35NO7/c1-6-7-15-36-21-11-10-20(16-18(21)2)26(30)24-25(19-9-12-22(34-4)23(17-19)35-5)29(13-8-14-33-3)28(32)27(24)31/h9-12,16-17,25,30H,6-8,13-15H2,1-5H3/t25-/m1/s1. The van der Waals surface area contributed by atoms with Crippen LogP contribution < -0.4 is 14.2 Å². The van der Waals surface area contributed by atoms with Gasteiger partial charge in [0, 0.05) is 25.8 Å². The Balaban J connectivity index is 2.09. The first kappa shape index (κ1) is 27.1. The molecule has 1 aliphatic heterocycles. The topological polar surface area (TPSA) is 94.5 Å². The van der Waals surface area contributed by atoms with E-state index in [0.29, 0.717) is 42.3 Å². The van der Waals surface area contributed by atoms with E-state index >= 15 is 0 Å². The van der Waals surface area contributed by atoms with E-state index in [1.807, 2.05) is 6.92 Å². The average Bonchev–Trinajstić information content (AvgIpc) is 3.14. The molecule has 0 aliphatic carbocycles. The van der Waals surface area contributed by atoms with Crippen molar-refractivity contribution < 1.29 is 33.6 Å². The zero-order valence-electron chi connectivity index (χ0n) is 21.6. The van der Waals surface area contributed by atoms with Gasteiger partial charge in [-0.25, -0.2) is 0 Å². The van der Waals surface area contributed by atoms with Crippen molar-refractivity contribution in [2.45, 2.75) is 39.2 Å². The largest absolute Gasteiger partial charge is 0.507 e. The molecule has 8 heteroatoms. The summed E-state index contributed by atoms with van der Waals surface area (Å²) in [5.74, 6) is 0.0742. The lowest BCUT2D eigenvalue weighted by atomic mass is 9.94. The number of aryl methyl sites for hydroxylation is 1. The van der Waals surface area contributed by atoms with Gasteiger partial charge >= 0.3 is 0 Å². The van der Waals surface area contributed by atoms with Crippen molar-refractivity contribution in [3.63, 3.8) is 0 Å². The van der Waals surface area contributed by atoms with Gasteiger partial charge in [0.25, 0.3) is 11.7 Å². The van der Waals surface area contributed by atoms with Crippen LogP contribution in [0.4, 0.5) is 0 Å². The number of ether oxygens (including phenoxy) is 4. The molecule has 0 unspecified atom stereocenters. The Morgan fingerprint density at radius 1 is 0.944 bits per heavy atom. The number of benzene rings is 2. The number of amides is 1. The average molecular weight is 498 g/mol. The lowest BCUT2D eigenvalue weighted by Crippen LogP contribution is -2.31. The number of Topliss-reactive ketones (excluding diaryl/α,β-unsaturated/α-hetero) is 1. The third kappa shape index (κ3) is 5.65. The minimum Gasteiger partial charge on any atom is -0.507 e. The van der Waals surface area contributed by atoms with Crippen LogP contribution in [0, 0.1) is 6.92 Å². The number of methoxy groups -OCH3 is 3. The zero-order valence-corrected chi connectivity index (χ0v) is 21.6. The molecule has 1 aliphatic rings. The normalized spacial score (nSPS) is 16.9. The lowest BCUT2D eigenvalue weighted by Gasteiger charge is -2.26. The summed E-state index contributed by atoms with van der Waals surface area (Å²) in [6.07, 6.45) is 2.51. The third-order valence-electron chi connectivity index (χ3n) is 6.21. The quantitative estimate of drug-likeness (QED) is 0.197. The van der Waals surface area contributed by atoms with Crippen LogP contribution in [-0.2, 0) is 14.3 Å². The maximum Gasteiger partial charge on any atom is 0.295 e. The highest BCUT2D eigenvalue weighted by Crippen LogP contribution is 2.42. The van der Waals surface area contributed by atoms with Gasteiger partial charge in [-0.3, -0.25) is 9.59 Å². The van der Waals surface area contributed by atoms with Crippen molar-refractivity contribution in [3.8, 4) is 17.2 Å². The fourth-order valence-corrected chi connectivity index (χ4v) is 4.30. The molecule has 194 valence electrons. The minimum atomic E-state index is -0.789. The van der Waals surface area contributed by atoms with Gasteiger partial charge in [-0.05, 0) is 61.2 Å². The van der Waals surface area contributed by atoms with Crippen LogP contribution in [0.1, 0.15) is 48.9 Å². The molecule has 0 bridgehead atoms. The van der Waals surface area contributed by atoms with Gasteiger partial charge < -0.3 is 29.0 Å². The summed E-state index contributed by atoms with van der Waals surface area (Å²) in [4.78, 5) is 27.8. The highest BCUT2D eigenvalue weighted by Gasteiger charge is 2.46. The lowest BCUT2D eigenvalue weighted by molar-refractivity contribution is -0.140. The predicted octanol–water partition coefficient (Wildman–Crippen LogP) is 4.65. The summed E-state index contributed by atoms with van der Waals surface area (Å²) in [6.45, 7) is 5.30. The molecule has 0 spiro atoms. The zero-order chi connectivity index (χ0) is 26.2. The van der Waals surface area contributed by atoms with Gasteiger partial charge in [-0.1, -0.05) is 19.4 Å². The minimum absolute atomic E-state index is 0.0312. The van der Waals surface area contributed by atoms with Gasteiger partial charge in [0.05, 0.1) is 32.4 Å². The molecule has 36 heavy (non-hydrogen) atoms. The van der Waals surface area contributed by atoms with Gasteiger partial charge in [0.2, 0.25) is 0 Å². The molecular weight excluding hydrogens is 462 g/mol. The molecule has 1 amide bonds. The van der Waals surface area contributed by atoms with Crippen molar-refractivity contribution in [3.05, 3.63) is 58.7 Å². The second-order valence-corrected chi connectivity index (χ2v) is 8.64. The van der Waals surface area contributed by atoms with Crippen LogP contribution in [-0.4, -0.2) is 62.8 Å². The van der Waals surface area contributed by atoms with E-state index in [9.17, 15) is 14.7 Å². The van der Waals surface area contributed by atoms with Gasteiger partial charge in [0.15, 0.2) is 11.5 Å². The smallest absolute Gasteiger partial charge is 0.295 e. The molecule has 0 saturated carbocycles. The molecule has 1 fully saturated rings. The Labute approximate surface area is 212 Å². The van der Waals surface area contributed by atoms with Gasteiger partial charge in [-0.15, -0.1) is 0 Å². The molecule has 3 rings (SSSR count). The Hall–Kier alpha value is -3.52. The number of carbonyl (C=O) groups excluding carboxylic acids is 2. The van der Waals surface area contributed by atoms with Gasteiger partial charge in [0.1, 0.15) is 11.5 Å². The Morgan fingerprint density at radius 3 is 2.31 bits per heavy atom. The van der Waals surface area contributed by atoms with Crippen molar-refractivity contribution in [1.82, 2.24) is 4.90 Å². The van der Waals surface area contributed by atoms with Crippen LogP contribution in [0.25, 0.3) is 5.76 Å². The van der Waals surface area contributed by atoms with Crippen molar-refractivity contribution >= 4 is 17.4 Å². The second kappa shape index (κ2) is 12.4. The molecule has 0 aromatic heterocycles. The first-order chi connectivity index (χ1) is 17.4. The second-order valence-electron chi connectivity index (χ2n) is 8.64. The van der Waals surface area contributed by atoms with Crippen LogP contribution in [0.3, 0.4) is 0 Å². The Bertz CT molecular complexity index is 1120. The highest BCUT2D eigenvalue weighted by atomic mass is 16.5. The number of hydrogen-bond acceptors (Lipinski definition) is 7. The van der Waals surface area contributed by atoms with E-state index in [-0.39, 0.29) is 17.9 Å². The molecule has 2 aromatic carbocycles. The fraction of sp³-hybridized carbons (Fsp3) is 0.429. The summed E-state index contributed by atoms with van der Waals surface area (Å²) in [5, 5.41) is 11.3. The van der Waals surface area contributed by atoms with E-state index in [4.69, 9.17) is 18.9 Å². The number of hydrogen-bond donors (Lipinski definition) is 1. The summed E-state index contributed by atoms with van der Waals surface area (Å²) in [7, 11) is 4.63. The fourth-order valence-electron chi connectivity index (χ4n) is 4.30. The molecule has 2 aromatic rings. The number of ketones is 1. The SMILES string of the molecule is CCCCOc1ccc(C(O)=C2C(=O)C(=O)N(CCCOC)[C@@H]2c2ccc(OC)c(OC)c2)cc1C. The third-order valence-corrected chi connectivity index (χ3v) is 6.21. The maximum absolute atomic E-state index is 13.2. The van der Waals surface area contributed by atoms with Crippen molar-refractivity contribution in [2.24, 2.45) is 0 Å². The molecule has 1 N–H and O–H groups in total. The summed E-state index contributed by atoms with van der Waals surface area (Å²) in [6, 6.07) is 9.67. The van der Waals surface area contributed by atoms with Crippen molar-refractivity contribution in [2.75, 3.05) is 41.1 Å². The first-order valence-electron chi connectivity index (χ1n) is 12.1. The van der Waals surface area contributed by atoms with Crippen molar-refractivity contribution in [1.29, 1.82) is 0 Å². The maximum atomic E-state index is 13.2. The summed E-state index contributed by atoms with van der Waals surface area (Å²) < 4.78 is 21.8. The Morgan fingerprint density at radius 2 is 1.67 bits per heavy atom. The highest BCUT2D eigenvalue weighted by molar-refractivity contribution is 6.46. The number of carbonyl (C=O) groups is 2. The number of aliphatic hydroxyl groups is 1. The molecule has 1 atom stereocenters. The van der Waals surface area contributed by atoms with Crippen LogP contribution in [0.2, 0.25) is 0 Å². The van der Waals surface area contributed by atoms with E-state index in [1.165, 1.54) is 19.1 Å². The number of likely N-dealkylation sites (tertiary alicyclic amines) is 1. The van der Waals surface area contributed by atoms with Crippen LogP contribution >= 0.6 is 0 Å². The molecule has 0 radical (unpaired) electrons. The number of nitrogens with zero attached hydrogens (tertiary/aromatic N) is 1. The monoisotopic (exact) mass is 497 g/mol. The van der Waals surface area contributed by atoms with Gasteiger partial charge in [-0.2, -0.15) is 0 Å². The first-order valence-corrected chi connectivity index (χ1v) is 12.1. The number of aliphatic hydroxyl groups excluding tert-OH is 1. The van der Waals surface area contributed by atoms with E-state index in [0.717, 1.165) is 24.2 Å². The number of rotatable bonds is 12. The molecule has 1 heterocycles. The molecular formula is C28H35NO7. The van der Waals surface area contributed by atoms with E-state index < -0.39 is 17.7 Å². The van der Waals surface area contributed by atoms with E-state index in [2.05, 4.69) is 6.92 Å². The van der Waals surface area contributed by atoms with E-state index in [1.54, 1.807) is 43.5 Å². The molecule has 8 nitrogen and oxygen atoms in total. The van der Waals surface area contributed by atoms with Crippen LogP contribution in [0.15, 0.2) is 42.0 Å². The Kier molecular flexibility index (Phi) is 9.36. The predicted molar refractivity (Wildman–Crippen MR) is 137 cm³/mol. The van der Waals surface area contributed by atoms with Crippen LogP contribution in [0.5, 0.6) is 17.2 Å². The summed E-state index contributed by atoms with van der Waals surface area (Å²) >= 11 is 0. The summed E-state index contributed by atoms with van der Waals surface area (Å²) in [5.41, 5.74) is 1.92.